The van der Waals surface area contributed by atoms with Gasteiger partial charge in [-0.05, 0) is 23.9 Å². The topological polar surface area (TPSA) is 0 Å². The Labute approximate surface area is 72.7 Å². The van der Waals surface area contributed by atoms with Crippen LogP contribution in [0.15, 0.2) is 30.2 Å². The third-order valence-corrected chi connectivity index (χ3v) is 2.49. The fraction of sp³-hybridized carbons (Fsp3) is 0.111. The molecule has 0 nitrogen and oxygen atoms in total. The molecule has 1 aromatic rings. The summed E-state index contributed by atoms with van der Waals surface area (Å²) in [7, 11) is 5.75. The summed E-state index contributed by atoms with van der Waals surface area (Å²) in [6.45, 7) is 5.64. The van der Waals surface area contributed by atoms with E-state index in [0.29, 0.717) is 0 Å². The van der Waals surface area contributed by atoms with E-state index in [1.165, 1.54) is 5.56 Å². The first-order valence-electron chi connectivity index (χ1n) is 3.38. The Morgan fingerprint density at radius 2 is 2.45 bits per heavy atom. The van der Waals surface area contributed by atoms with Gasteiger partial charge in [0.25, 0.3) is 0 Å². The van der Waals surface area contributed by atoms with Crippen LogP contribution in [0.1, 0.15) is 10.4 Å². The van der Waals surface area contributed by atoms with Crippen LogP contribution >= 0.6 is 11.3 Å². The smallest absolute Gasteiger partial charge is 0.115 e. The second kappa shape index (κ2) is 3.58. The zero-order chi connectivity index (χ0) is 8.27. The van der Waals surface area contributed by atoms with Crippen molar-refractivity contribution in [3.8, 4) is 0 Å². The van der Waals surface area contributed by atoms with Crippen LogP contribution in [0.5, 0.6) is 0 Å². The predicted molar refractivity (Wildman–Crippen MR) is 53.0 cm³/mol. The van der Waals surface area contributed by atoms with Crippen LogP contribution in [-0.4, -0.2) is 7.85 Å². The molecule has 0 bridgehead atoms. The first-order chi connectivity index (χ1) is 5.25. The van der Waals surface area contributed by atoms with Gasteiger partial charge in [0.15, 0.2) is 0 Å². The summed E-state index contributed by atoms with van der Waals surface area (Å²) in [6.07, 6.45) is 3.52. The van der Waals surface area contributed by atoms with Crippen LogP contribution in [-0.2, 0) is 0 Å². The summed E-state index contributed by atoms with van der Waals surface area (Å²) in [6, 6.07) is 2.06. The Morgan fingerprint density at radius 1 is 1.73 bits per heavy atom. The summed E-state index contributed by atoms with van der Waals surface area (Å²) in [5.41, 5.74) is 2.03. The van der Waals surface area contributed by atoms with E-state index in [2.05, 4.69) is 19.6 Å². The molecule has 2 radical (unpaired) electrons. The van der Waals surface area contributed by atoms with Crippen LogP contribution in [0.3, 0.4) is 0 Å². The Balaban J connectivity index is 3.01. The van der Waals surface area contributed by atoms with Gasteiger partial charge in [-0.25, -0.2) is 0 Å². The first kappa shape index (κ1) is 8.34. The summed E-state index contributed by atoms with van der Waals surface area (Å²) in [5, 5.41) is 2.04. The van der Waals surface area contributed by atoms with Crippen molar-refractivity contribution in [1.82, 2.24) is 0 Å². The molecular weight excluding hydrogens is 151 g/mol. The van der Waals surface area contributed by atoms with Gasteiger partial charge in [-0.15, -0.1) is 11.3 Å². The number of hydrogen-bond acceptors (Lipinski definition) is 1. The van der Waals surface area contributed by atoms with Gasteiger partial charge in [-0.1, -0.05) is 24.2 Å². The molecule has 1 rings (SSSR count). The quantitative estimate of drug-likeness (QED) is 0.460. The molecule has 2 heteroatoms. The minimum atomic E-state index is 0.799. The van der Waals surface area contributed by atoms with Crippen molar-refractivity contribution in [3.05, 3.63) is 40.6 Å². The number of allylic oxidation sites excluding steroid dienone is 2. The molecule has 0 aliphatic rings. The highest BCUT2D eigenvalue weighted by molar-refractivity contribution is 7.12. The lowest BCUT2D eigenvalue weighted by molar-refractivity contribution is 1.53. The fourth-order valence-electron chi connectivity index (χ4n) is 0.871. The molecule has 1 heterocycles. The molecule has 0 unspecified atom stereocenters. The van der Waals surface area contributed by atoms with E-state index in [-0.39, 0.29) is 0 Å². The van der Waals surface area contributed by atoms with Crippen LogP contribution in [0.2, 0.25) is 0 Å². The SMILES string of the molecule is [B]/C(=C/C=C)c1sccc1C. The normalized spacial score (nSPS) is 11.5. The molecule has 0 atom stereocenters. The van der Waals surface area contributed by atoms with Gasteiger partial charge >= 0.3 is 0 Å². The van der Waals surface area contributed by atoms with Crippen molar-refractivity contribution in [3.63, 3.8) is 0 Å². The molecule has 0 N–H and O–H groups in total. The van der Waals surface area contributed by atoms with Crippen molar-refractivity contribution in [2.75, 3.05) is 0 Å². The van der Waals surface area contributed by atoms with E-state index in [1.807, 2.05) is 11.5 Å². The summed E-state index contributed by atoms with van der Waals surface area (Å²) < 4.78 is 0. The van der Waals surface area contributed by atoms with Gasteiger partial charge in [0.2, 0.25) is 0 Å². The average Bonchev–Trinajstić information content (AvgIpc) is 2.36. The van der Waals surface area contributed by atoms with Gasteiger partial charge in [-0.3, -0.25) is 0 Å². The maximum Gasteiger partial charge on any atom is 0.115 e. The molecule has 0 aromatic carbocycles. The molecule has 54 valence electrons. The van der Waals surface area contributed by atoms with E-state index in [4.69, 9.17) is 7.85 Å². The van der Waals surface area contributed by atoms with Crippen molar-refractivity contribution in [1.29, 1.82) is 0 Å². The van der Waals surface area contributed by atoms with Gasteiger partial charge < -0.3 is 0 Å². The lowest BCUT2D eigenvalue weighted by atomic mass is 9.92. The van der Waals surface area contributed by atoms with E-state index in [0.717, 1.165) is 10.3 Å². The Bertz CT molecular complexity index is 284. The summed E-state index contributed by atoms with van der Waals surface area (Å²) in [4.78, 5) is 1.14. The zero-order valence-electron chi connectivity index (χ0n) is 6.50. The summed E-state index contributed by atoms with van der Waals surface area (Å²) in [5.74, 6) is 0. The number of thiophene rings is 1. The molecule has 0 fully saturated rings. The largest absolute Gasteiger partial charge is 0.145 e. The minimum absolute atomic E-state index is 0.799. The zero-order valence-corrected chi connectivity index (χ0v) is 7.32. The molecule has 0 spiro atoms. The van der Waals surface area contributed by atoms with Crippen molar-refractivity contribution >= 4 is 24.7 Å². The van der Waals surface area contributed by atoms with Crippen molar-refractivity contribution in [2.24, 2.45) is 0 Å². The minimum Gasteiger partial charge on any atom is -0.145 e. The van der Waals surface area contributed by atoms with Crippen molar-refractivity contribution in [2.45, 2.75) is 6.92 Å². The third kappa shape index (κ3) is 1.84. The van der Waals surface area contributed by atoms with Gasteiger partial charge in [0.1, 0.15) is 7.85 Å². The number of aryl methyl sites for hydroxylation is 1. The van der Waals surface area contributed by atoms with Crippen LogP contribution < -0.4 is 0 Å². The Hall–Kier alpha value is -0.755. The molecule has 0 aliphatic heterocycles. The van der Waals surface area contributed by atoms with E-state index >= 15 is 0 Å². The van der Waals surface area contributed by atoms with E-state index in [9.17, 15) is 0 Å². The van der Waals surface area contributed by atoms with E-state index < -0.39 is 0 Å². The maximum atomic E-state index is 5.75. The van der Waals surface area contributed by atoms with Gasteiger partial charge in [0, 0.05) is 4.88 Å². The molecule has 0 saturated carbocycles. The second-order valence-electron chi connectivity index (χ2n) is 2.29. The standard InChI is InChI=1S/C9H9BS/c1-3-4-8(10)9-7(2)5-6-11-9/h3-6H,1H2,2H3/b8-4+. The van der Waals surface area contributed by atoms with Crippen LogP contribution in [0, 0.1) is 6.92 Å². The van der Waals surface area contributed by atoms with Crippen LogP contribution in [0.25, 0.3) is 5.47 Å². The highest BCUT2D eigenvalue weighted by Crippen LogP contribution is 2.22. The Kier molecular flexibility index (Phi) is 2.72. The Morgan fingerprint density at radius 3 is 2.91 bits per heavy atom. The van der Waals surface area contributed by atoms with Crippen LogP contribution in [0.4, 0.5) is 0 Å². The summed E-state index contributed by atoms with van der Waals surface area (Å²) >= 11 is 1.66. The molecule has 0 aliphatic carbocycles. The monoisotopic (exact) mass is 160 g/mol. The average molecular weight is 160 g/mol. The van der Waals surface area contributed by atoms with Crippen molar-refractivity contribution < 1.29 is 0 Å². The van der Waals surface area contributed by atoms with Gasteiger partial charge in [0.05, 0.1) is 0 Å². The molecule has 0 saturated heterocycles. The number of hydrogen-bond donors (Lipinski definition) is 0. The second-order valence-corrected chi connectivity index (χ2v) is 3.21. The van der Waals surface area contributed by atoms with E-state index in [1.54, 1.807) is 17.4 Å². The molecule has 11 heavy (non-hydrogen) atoms. The first-order valence-corrected chi connectivity index (χ1v) is 4.26. The lowest BCUT2D eigenvalue weighted by Crippen LogP contribution is -1.79. The number of rotatable bonds is 2. The predicted octanol–water partition coefficient (Wildman–Crippen LogP) is 2.75. The third-order valence-electron chi connectivity index (χ3n) is 1.42. The molecule has 0 amide bonds. The lowest BCUT2D eigenvalue weighted by Gasteiger charge is -1.96. The highest BCUT2D eigenvalue weighted by Gasteiger charge is 1.98. The highest BCUT2D eigenvalue weighted by atomic mass is 32.1. The fourth-order valence-corrected chi connectivity index (χ4v) is 1.74. The maximum absolute atomic E-state index is 5.75. The molecule has 1 aromatic heterocycles. The van der Waals surface area contributed by atoms with Gasteiger partial charge in [-0.2, -0.15) is 0 Å². The molecular formula is C9H9BS.